The third kappa shape index (κ3) is 3.77. The zero-order valence-electron chi connectivity index (χ0n) is 16.0. The van der Waals surface area contributed by atoms with Gasteiger partial charge in [-0.3, -0.25) is 4.79 Å². The van der Waals surface area contributed by atoms with E-state index in [0.717, 1.165) is 29.9 Å². The van der Waals surface area contributed by atoms with Gasteiger partial charge >= 0.3 is 0 Å². The molecule has 7 nitrogen and oxygen atoms in total. The summed E-state index contributed by atoms with van der Waals surface area (Å²) in [6.45, 7) is 4.32. The predicted octanol–water partition coefficient (Wildman–Crippen LogP) is 3.07. The maximum atomic E-state index is 12.8. The van der Waals surface area contributed by atoms with Crippen LogP contribution in [0.15, 0.2) is 18.5 Å². The van der Waals surface area contributed by atoms with Gasteiger partial charge in [0.1, 0.15) is 10.7 Å². The molecule has 0 fully saturated rings. The highest BCUT2D eigenvalue weighted by atomic mass is 32.1. The van der Waals surface area contributed by atoms with Crippen molar-refractivity contribution in [3.05, 3.63) is 51.8 Å². The van der Waals surface area contributed by atoms with E-state index in [4.69, 9.17) is 0 Å². The molecule has 0 unspecified atom stereocenters. The van der Waals surface area contributed by atoms with E-state index in [1.807, 2.05) is 13.8 Å². The first kappa shape index (κ1) is 18.6. The Bertz CT molecular complexity index is 1000. The third-order valence-corrected chi connectivity index (χ3v) is 5.93. The number of hydrogen-bond donors (Lipinski definition) is 1. The van der Waals surface area contributed by atoms with Gasteiger partial charge in [-0.15, -0.1) is 11.3 Å². The van der Waals surface area contributed by atoms with Crippen LogP contribution in [0.3, 0.4) is 0 Å². The van der Waals surface area contributed by atoms with Gasteiger partial charge in [-0.25, -0.2) is 24.9 Å². The molecule has 3 heterocycles. The molecule has 8 heteroatoms. The van der Waals surface area contributed by atoms with Crippen LogP contribution < -0.4 is 5.32 Å². The number of nitrogens with one attached hydrogen (secondary N) is 1. The van der Waals surface area contributed by atoms with Crippen LogP contribution in [-0.2, 0) is 25.8 Å². The Morgan fingerprint density at radius 3 is 2.71 bits per heavy atom. The monoisotopic (exact) mass is 394 g/mol. The fourth-order valence-corrected chi connectivity index (χ4v) is 4.46. The molecule has 144 valence electrons. The second-order valence-corrected chi connectivity index (χ2v) is 7.76. The molecule has 1 N–H and O–H groups in total. The first-order valence-electron chi connectivity index (χ1n) is 9.56. The van der Waals surface area contributed by atoms with Crippen molar-refractivity contribution in [2.24, 2.45) is 0 Å². The van der Waals surface area contributed by atoms with Crippen LogP contribution in [0.4, 0.5) is 0 Å². The molecule has 0 aliphatic heterocycles. The van der Waals surface area contributed by atoms with Crippen molar-refractivity contribution in [3.63, 3.8) is 0 Å². The van der Waals surface area contributed by atoms with Gasteiger partial charge in [-0.1, -0.05) is 6.92 Å². The Morgan fingerprint density at radius 2 is 1.93 bits per heavy atom. The normalized spacial score (nSPS) is 13.2. The molecule has 0 spiro atoms. The minimum absolute atomic E-state index is 0.157. The quantitative estimate of drug-likeness (QED) is 0.715. The van der Waals surface area contributed by atoms with Gasteiger partial charge in [0.05, 0.1) is 12.2 Å². The number of carbonyl (C=O) groups excluding carboxylic acids is 1. The fraction of sp³-hybridized carbons (Fsp3) is 0.400. The molecular weight excluding hydrogens is 372 g/mol. The number of nitrogens with zero attached hydrogens (tertiary/aromatic N) is 5. The van der Waals surface area contributed by atoms with Crippen molar-refractivity contribution >= 4 is 17.2 Å². The summed E-state index contributed by atoms with van der Waals surface area (Å²) in [6.07, 6.45) is 8.43. The Morgan fingerprint density at radius 1 is 1.14 bits per heavy atom. The van der Waals surface area contributed by atoms with Crippen molar-refractivity contribution in [2.45, 2.75) is 52.5 Å². The lowest BCUT2D eigenvalue weighted by atomic mass is 9.95. The van der Waals surface area contributed by atoms with E-state index in [-0.39, 0.29) is 5.91 Å². The summed E-state index contributed by atoms with van der Waals surface area (Å²) in [6, 6.07) is 1.76. The smallest absolute Gasteiger partial charge is 0.263 e. The zero-order chi connectivity index (χ0) is 19.5. The lowest BCUT2D eigenvalue weighted by Gasteiger charge is -2.17. The number of hydrogen-bond acceptors (Lipinski definition) is 7. The van der Waals surface area contributed by atoms with Crippen LogP contribution in [0.25, 0.3) is 10.8 Å². The van der Waals surface area contributed by atoms with Crippen LogP contribution in [-0.4, -0.2) is 30.8 Å². The predicted molar refractivity (Wildman–Crippen MR) is 107 cm³/mol. The molecule has 1 aliphatic rings. The average molecular weight is 395 g/mol. The second kappa shape index (κ2) is 8.10. The van der Waals surface area contributed by atoms with Crippen molar-refractivity contribution < 1.29 is 4.79 Å². The molecule has 0 atom stereocenters. The van der Waals surface area contributed by atoms with Crippen molar-refractivity contribution in [3.8, 4) is 10.8 Å². The number of aryl methyl sites for hydroxylation is 3. The van der Waals surface area contributed by atoms with Crippen LogP contribution in [0.2, 0.25) is 0 Å². The number of fused-ring (bicyclic) bond motifs is 1. The standard InChI is InChI=1S/C20H22N6OS/c1-3-14-17(28-20(26-14)18-21-9-6-10-22-18)19(27)23-11-16-24-12(2)13-7-4-5-8-15(13)25-16/h6,9-10H,3-5,7-8,11H2,1-2H3,(H,23,27). The Labute approximate surface area is 167 Å². The summed E-state index contributed by atoms with van der Waals surface area (Å²) in [5.41, 5.74) is 4.21. The molecule has 0 radical (unpaired) electrons. The summed E-state index contributed by atoms with van der Waals surface area (Å²) < 4.78 is 0. The van der Waals surface area contributed by atoms with Gasteiger partial charge in [0.15, 0.2) is 10.8 Å². The maximum Gasteiger partial charge on any atom is 0.263 e. The Hall–Kier alpha value is -2.74. The fourth-order valence-electron chi connectivity index (χ4n) is 3.44. The number of thiazole rings is 1. The van der Waals surface area contributed by atoms with E-state index in [1.54, 1.807) is 18.5 Å². The summed E-state index contributed by atoms with van der Waals surface area (Å²) in [7, 11) is 0. The highest BCUT2D eigenvalue weighted by Gasteiger charge is 2.20. The van der Waals surface area contributed by atoms with Crippen LogP contribution in [0.5, 0.6) is 0 Å². The third-order valence-electron chi connectivity index (χ3n) is 4.84. The van der Waals surface area contributed by atoms with Crippen molar-refractivity contribution in [1.29, 1.82) is 0 Å². The minimum atomic E-state index is -0.157. The van der Waals surface area contributed by atoms with Crippen LogP contribution in [0.1, 0.15) is 57.9 Å². The van der Waals surface area contributed by atoms with Gasteiger partial charge in [0.2, 0.25) is 0 Å². The lowest BCUT2D eigenvalue weighted by Crippen LogP contribution is -2.25. The highest BCUT2D eigenvalue weighted by molar-refractivity contribution is 7.17. The van der Waals surface area contributed by atoms with Crippen LogP contribution >= 0.6 is 11.3 Å². The molecule has 0 saturated heterocycles. The Balaban J connectivity index is 1.51. The van der Waals surface area contributed by atoms with Gasteiger partial charge < -0.3 is 5.32 Å². The highest BCUT2D eigenvalue weighted by Crippen LogP contribution is 2.26. The van der Waals surface area contributed by atoms with Crippen molar-refractivity contribution in [2.75, 3.05) is 0 Å². The topological polar surface area (TPSA) is 93.5 Å². The maximum absolute atomic E-state index is 12.8. The summed E-state index contributed by atoms with van der Waals surface area (Å²) >= 11 is 1.32. The minimum Gasteiger partial charge on any atom is -0.344 e. The van der Waals surface area contributed by atoms with E-state index in [1.165, 1.54) is 29.7 Å². The van der Waals surface area contributed by atoms with E-state index in [0.29, 0.717) is 34.5 Å². The SMILES string of the molecule is CCc1nc(-c2ncccn2)sc1C(=O)NCc1nc(C)c2c(n1)CCCC2. The summed E-state index contributed by atoms with van der Waals surface area (Å²) in [5, 5.41) is 3.61. The van der Waals surface area contributed by atoms with E-state index < -0.39 is 0 Å². The van der Waals surface area contributed by atoms with E-state index >= 15 is 0 Å². The van der Waals surface area contributed by atoms with Crippen molar-refractivity contribution in [1.82, 2.24) is 30.2 Å². The first-order chi connectivity index (χ1) is 13.7. The first-order valence-corrected chi connectivity index (χ1v) is 10.4. The average Bonchev–Trinajstić information content (AvgIpc) is 3.17. The number of amides is 1. The number of aromatic nitrogens is 5. The number of rotatable bonds is 5. The molecule has 4 rings (SSSR count). The Kier molecular flexibility index (Phi) is 5.38. The van der Waals surface area contributed by atoms with E-state index in [9.17, 15) is 4.79 Å². The second-order valence-electron chi connectivity index (χ2n) is 6.76. The van der Waals surface area contributed by atoms with Gasteiger partial charge in [-0.05, 0) is 50.7 Å². The molecule has 3 aromatic rings. The van der Waals surface area contributed by atoms with Gasteiger partial charge in [0.25, 0.3) is 5.91 Å². The van der Waals surface area contributed by atoms with Gasteiger partial charge in [0, 0.05) is 23.8 Å². The van der Waals surface area contributed by atoms with Crippen LogP contribution in [0, 0.1) is 6.92 Å². The molecule has 0 aromatic carbocycles. The molecule has 1 aliphatic carbocycles. The molecule has 28 heavy (non-hydrogen) atoms. The molecule has 0 bridgehead atoms. The largest absolute Gasteiger partial charge is 0.344 e. The zero-order valence-corrected chi connectivity index (χ0v) is 16.8. The molecular formula is C20H22N6OS. The van der Waals surface area contributed by atoms with Gasteiger partial charge in [-0.2, -0.15) is 0 Å². The van der Waals surface area contributed by atoms with E-state index in [2.05, 4.69) is 30.2 Å². The lowest BCUT2D eigenvalue weighted by molar-refractivity contribution is 0.0952. The molecule has 0 saturated carbocycles. The summed E-state index contributed by atoms with van der Waals surface area (Å²) in [5.74, 6) is 1.05. The molecule has 3 aromatic heterocycles. The number of carbonyl (C=O) groups is 1. The molecule has 1 amide bonds. The summed E-state index contributed by atoms with van der Waals surface area (Å²) in [4.78, 5) is 35.6.